The molecule has 1 aliphatic rings. The number of aromatic hydroxyl groups is 1. The molecule has 0 aromatic carbocycles. The highest BCUT2D eigenvalue weighted by atomic mass is 35.5. The van der Waals surface area contributed by atoms with Crippen LogP contribution in [-0.2, 0) is 6.54 Å². The molecule has 2 aromatic rings. The minimum atomic E-state index is -0.581. The quantitative estimate of drug-likeness (QED) is 0.684. The molecule has 8 nitrogen and oxygen atoms in total. The molecule has 0 spiro atoms. The zero-order chi connectivity index (χ0) is 20.8. The van der Waals surface area contributed by atoms with Crippen molar-refractivity contribution in [3.8, 4) is 5.88 Å². The first-order valence-electron chi connectivity index (χ1n) is 9.62. The van der Waals surface area contributed by atoms with Crippen molar-refractivity contribution in [3.63, 3.8) is 0 Å². The van der Waals surface area contributed by atoms with Crippen LogP contribution in [0.5, 0.6) is 5.88 Å². The number of allylic oxidation sites excluding steroid dienone is 1. The molecule has 29 heavy (non-hydrogen) atoms. The number of fused-ring (bicyclic) bond motifs is 1. The Morgan fingerprint density at radius 3 is 2.52 bits per heavy atom. The van der Waals surface area contributed by atoms with Crippen LogP contribution >= 0.6 is 12.4 Å². The van der Waals surface area contributed by atoms with Gasteiger partial charge in [-0.05, 0) is 24.2 Å². The van der Waals surface area contributed by atoms with Gasteiger partial charge >= 0.3 is 0 Å². The van der Waals surface area contributed by atoms with Crippen LogP contribution in [0.1, 0.15) is 63.4 Å². The van der Waals surface area contributed by atoms with E-state index in [0.717, 1.165) is 12.8 Å². The van der Waals surface area contributed by atoms with Crippen LogP contribution in [0.3, 0.4) is 0 Å². The van der Waals surface area contributed by atoms with Crippen molar-refractivity contribution < 1.29 is 9.90 Å². The van der Waals surface area contributed by atoms with E-state index >= 15 is 0 Å². The maximum Gasteiger partial charge on any atom is 0.270 e. The Morgan fingerprint density at radius 1 is 1.38 bits per heavy atom. The van der Waals surface area contributed by atoms with Crippen molar-refractivity contribution in [3.05, 3.63) is 27.6 Å². The number of amides is 1. The largest absolute Gasteiger partial charge is 0.492 e. The van der Waals surface area contributed by atoms with E-state index < -0.39 is 17.3 Å². The number of nitrogens with two attached hydrogens (primary N) is 1. The van der Waals surface area contributed by atoms with Gasteiger partial charge in [0.05, 0.1) is 5.56 Å². The van der Waals surface area contributed by atoms with Gasteiger partial charge in [0.15, 0.2) is 17.0 Å². The van der Waals surface area contributed by atoms with Crippen molar-refractivity contribution in [1.82, 2.24) is 19.5 Å². The third-order valence-electron chi connectivity index (χ3n) is 4.48. The minimum absolute atomic E-state index is 0. The first kappa shape index (κ1) is 22.8. The second kappa shape index (κ2) is 8.10. The molecule has 1 amide bonds. The van der Waals surface area contributed by atoms with E-state index in [2.05, 4.69) is 10.4 Å². The number of aromatic nitrogens is 3. The van der Waals surface area contributed by atoms with E-state index in [4.69, 9.17) is 5.73 Å². The van der Waals surface area contributed by atoms with Gasteiger partial charge in [0.25, 0.3) is 11.5 Å². The van der Waals surface area contributed by atoms with Crippen LogP contribution < -0.4 is 16.6 Å². The van der Waals surface area contributed by atoms with Crippen LogP contribution in [0.2, 0.25) is 0 Å². The highest BCUT2D eigenvalue weighted by molar-refractivity contribution is 5.97. The predicted molar refractivity (Wildman–Crippen MR) is 117 cm³/mol. The Balaban J connectivity index is 0.00000300. The molecule has 3 rings (SSSR count). The van der Waals surface area contributed by atoms with Crippen molar-refractivity contribution in [2.24, 2.45) is 11.3 Å². The number of carbonyl (C=O) groups excluding carboxylic acids is 1. The van der Waals surface area contributed by atoms with Gasteiger partial charge in [-0.2, -0.15) is 4.52 Å². The molecule has 1 fully saturated rings. The molecule has 160 valence electrons. The van der Waals surface area contributed by atoms with E-state index in [9.17, 15) is 14.7 Å². The Labute approximate surface area is 176 Å². The van der Waals surface area contributed by atoms with Gasteiger partial charge in [-0.15, -0.1) is 17.5 Å². The van der Waals surface area contributed by atoms with Gasteiger partial charge in [0, 0.05) is 12.6 Å². The molecule has 0 atom stereocenters. The highest BCUT2D eigenvalue weighted by Crippen LogP contribution is 2.28. The van der Waals surface area contributed by atoms with Crippen molar-refractivity contribution in [1.29, 1.82) is 0 Å². The fraction of sp³-hybridized carbons (Fsp3) is 0.550. The second-order valence-electron chi connectivity index (χ2n) is 9.04. The van der Waals surface area contributed by atoms with Gasteiger partial charge in [0.1, 0.15) is 0 Å². The first-order chi connectivity index (χ1) is 13.0. The molecular formula is C20H30ClN5O3. The molecule has 0 radical (unpaired) electrons. The molecule has 2 heterocycles. The van der Waals surface area contributed by atoms with Crippen LogP contribution in [-0.4, -0.2) is 31.2 Å². The summed E-state index contributed by atoms with van der Waals surface area (Å²) in [6.07, 6.45) is 5.52. The van der Waals surface area contributed by atoms with Crippen LogP contribution in [0.15, 0.2) is 10.9 Å². The molecule has 0 saturated heterocycles. The molecule has 1 saturated carbocycles. The molecule has 0 unspecified atom stereocenters. The normalized spacial score (nSPS) is 14.6. The second-order valence-corrected chi connectivity index (χ2v) is 9.04. The summed E-state index contributed by atoms with van der Waals surface area (Å²) in [6, 6.07) is 0.0605. The Morgan fingerprint density at radius 2 is 2.00 bits per heavy atom. The van der Waals surface area contributed by atoms with E-state index in [1.54, 1.807) is 0 Å². The summed E-state index contributed by atoms with van der Waals surface area (Å²) in [5.74, 6) is -0.606. The van der Waals surface area contributed by atoms with Gasteiger partial charge in [-0.1, -0.05) is 46.8 Å². The predicted octanol–water partition coefficient (Wildman–Crippen LogP) is 2.81. The zero-order valence-corrected chi connectivity index (χ0v) is 18.3. The fourth-order valence-electron chi connectivity index (χ4n) is 3.03. The van der Waals surface area contributed by atoms with Gasteiger partial charge in [0.2, 0.25) is 5.88 Å². The molecule has 0 bridgehead atoms. The third kappa shape index (κ3) is 4.75. The number of rotatable bonds is 5. The Hall–Kier alpha value is -2.48. The Bertz CT molecular complexity index is 1010. The van der Waals surface area contributed by atoms with Gasteiger partial charge in [-0.3, -0.25) is 14.2 Å². The summed E-state index contributed by atoms with van der Waals surface area (Å²) in [6.45, 7) is 10.4. The van der Waals surface area contributed by atoms with Crippen molar-refractivity contribution in [2.75, 3.05) is 5.73 Å². The summed E-state index contributed by atoms with van der Waals surface area (Å²) in [4.78, 5) is 25.9. The van der Waals surface area contributed by atoms with E-state index in [0.29, 0.717) is 17.8 Å². The van der Waals surface area contributed by atoms with Crippen molar-refractivity contribution in [2.45, 2.75) is 60.0 Å². The van der Waals surface area contributed by atoms with E-state index in [1.807, 2.05) is 46.8 Å². The number of nitrogen functional groups attached to an aromatic ring is 1. The molecule has 9 heteroatoms. The fourth-order valence-corrected chi connectivity index (χ4v) is 3.03. The lowest BCUT2D eigenvalue weighted by Crippen LogP contribution is -2.37. The lowest BCUT2D eigenvalue weighted by molar-refractivity contribution is 0.0944. The van der Waals surface area contributed by atoms with Gasteiger partial charge < -0.3 is 16.2 Å². The Kier molecular flexibility index (Phi) is 6.37. The number of hydrogen-bond donors (Lipinski definition) is 3. The average molecular weight is 424 g/mol. The topological polar surface area (TPSA) is 115 Å². The summed E-state index contributed by atoms with van der Waals surface area (Å²) in [7, 11) is 0. The van der Waals surface area contributed by atoms with Gasteiger partial charge in [-0.25, -0.2) is 0 Å². The SMILES string of the molecule is CC(C)C=Cc1c(N)nn2c(O)c(C(=O)NC3CC3)c(=O)n(CC(C)(C)C)c12.Cl. The number of halogens is 1. The summed E-state index contributed by atoms with van der Waals surface area (Å²) >= 11 is 0. The number of hydrogen-bond acceptors (Lipinski definition) is 5. The monoisotopic (exact) mass is 423 g/mol. The van der Waals surface area contributed by atoms with E-state index in [1.165, 1.54) is 9.08 Å². The number of nitrogens with zero attached hydrogens (tertiary/aromatic N) is 3. The smallest absolute Gasteiger partial charge is 0.270 e. The zero-order valence-electron chi connectivity index (χ0n) is 17.5. The summed E-state index contributed by atoms with van der Waals surface area (Å²) < 4.78 is 2.69. The van der Waals surface area contributed by atoms with Crippen LogP contribution in [0, 0.1) is 11.3 Å². The summed E-state index contributed by atoms with van der Waals surface area (Å²) in [5, 5.41) is 17.7. The standard InChI is InChI=1S/C20H29N5O3.ClH/c1-11(2)6-9-13-15(21)23-25-17(13)24(10-20(3,4)5)18(27)14(19(25)28)16(26)22-12-7-8-12;/h6,9,11-12,28H,7-8,10H2,1-5H3,(H2,21,23)(H,22,26);1H. The van der Waals surface area contributed by atoms with Crippen LogP contribution in [0.4, 0.5) is 5.82 Å². The molecule has 1 aliphatic carbocycles. The molecular weight excluding hydrogens is 394 g/mol. The van der Waals surface area contributed by atoms with E-state index in [-0.39, 0.29) is 41.2 Å². The average Bonchev–Trinajstić information content (AvgIpc) is 3.30. The number of anilines is 1. The number of nitrogens with one attached hydrogen (secondary N) is 1. The minimum Gasteiger partial charge on any atom is -0.492 e. The maximum atomic E-state index is 13.3. The molecule has 0 aliphatic heterocycles. The van der Waals surface area contributed by atoms with Crippen molar-refractivity contribution >= 4 is 35.9 Å². The lowest BCUT2D eigenvalue weighted by Gasteiger charge is -2.22. The third-order valence-corrected chi connectivity index (χ3v) is 4.48. The van der Waals surface area contributed by atoms with Crippen LogP contribution in [0.25, 0.3) is 11.7 Å². The molecule has 2 aromatic heterocycles. The maximum absolute atomic E-state index is 13.3. The number of carbonyl (C=O) groups is 1. The lowest BCUT2D eigenvalue weighted by atomic mass is 9.96. The molecule has 4 N–H and O–H groups in total. The first-order valence-corrected chi connectivity index (χ1v) is 9.62. The highest BCUT2D eigenvalue weighted by Gasteiger charge is 2.31. The summed E-state index contributed by atoms with van der Waals surface area (Å²) in [5.41, 5.74) is 5.95.